The highest BCUT2D eigenvalue weighted by molar-refractivity contribution is 7.87. The molecule has 0 aliphatic rings. The van der Waals surface area contributed by atoms with Gasteiger partial charge in [-0.05, 0) is 28.8 Å². The predicted octanol–water partition coefficient (Wildman–Crippen LogP) is 2.96. The van der Waals surface area contributed by atoms with Gasteiger partial charge in [0.25, 0.3) is 5.91 Å². The zero-order chi connectivity index (χ0) is 19.8. The second-order valence-corrected chi connectivity index (χ2v) is 8.23. The number of rotatable bonds is 10. The van der Waals surface area contributed by atoms with Crippen LogP contribution in [0.2, 0.25) is 0 Å². The van der Waals surface area contributed by atoms with Gasteiger partial charge in [-0.3, -0.25) is 19.0 Å². The van der Waals surface area contributed by atoms with Crippen LogP contribution >= 0.6 is 0 Å². The minimum atomic E-state index is -1.90. The van der Waals surface area contributed by atoms with Crippen LogP contribution in [0.3, 0.4) is 0 Å². The molecule has 6 nitrogen and oxygen atoms in total. The lowest BCUT2D eigenvalue weighted by atomic mass is 10.0. The molecule has 3 unspecified atom stereocenters. The van der Waals surface area contributed by atoms with Gasteiger partial charge in [0.2, 0.25) is 5.91 Å². The molecule has 2 rings (SSSR count). The van der Waals surface area contributed by atoms with Crippen molar-refractivity contribution in [2.45, 2.75) is 49.5 Å². The van der Waals surface area contributed by atoms with Crippen molar-refractivity contribution in [3.63, 3.8) is 0 Å². The Hall–Kier alpha value is -2.25. The number of carbonyl (C=O) groups is 2. The molecule has 7 heteroatoms. The fraction of sp³-hybridized carbons (Fsp3) is 0.400. The van der Waals surface area contributed by atoms with Crippen LogP contribution in [0.4, 0.5) is 0 Å². The van der Waals surface area contributed by atoms with E-state index in [1.165, 1.54) is 0 Å². The first-order valence-corrected chi connectivity index (χ1v) is 10.4. The van der Waals surface area contributed by atoms with Crippen LogP contribution in [0, 0.1) is 0 Å². The minimum Gasteiger partial charge on any atom is -0.368 e. The fourth-order valence-electron chi connectivity index (χ4n) is 3.13. The Labute approximate surface area is 161 Å². The maximum Gasteiger partial charge on any atom is 0.259 e. The van der Waals surface area contributed by atoms with Crippen LogP contribution in [-0.4, -0.2) is 26.5 Å². The lowest BCUT2D eigenvalue weighted by Gasteiger charge is -2.21. The minimum absolute atomic E-state index is 0.316. The number of amides is 2. The maximum atomic E-state index is 13.1. The van der Waals surface area contributed by atoms with Gasteiger partial charge in [0, 0.05) is 0 Å². The molecule has 0 bridgehead atoms. The smallest absolute Gasteiger partial charge is 0.259 e. The summed E-state index contributed by atoms with van der Waals surface area (Å²) in [5, 5.41) is 8.79. The number of hydroxylamine groups is 1. The third-order valence-corrected chi connectivity index (χ3v) is 6.55. The standard InChI is InChI=1S/C20H26N2O4S/c1-2-3-4-5-10-17(20(24)22-25)27(26)18(19(21)23)16-12-11-14-8-6-7-9-15(14)13-16/h6-9,11-13,17-18,25H,2-5,10H2,1H3,(H2,21,23)(H,22,24). The van der Waals surface area contributed by atoms with E-state index in [9.17, 15) is 13.8 Å². The molecule has 2 aromatic carbocycles. The SMILES string of the molecule is CCCCCCC(C(=O)NO)S(=O)C(C(N)=O)c1ccc2ccccc2c1. The molecule has 2 aromatic rings. The fourth-order valence-corrected chi connectivity index (χ4v) is 4.76. The number of hydrogen-bond acceptors (Lipinski definition) is 4. The van der Waals surface area contributed by atoms with Gasteiger partial charge in [-0.15, -0.1) is 0 Å². The van der Waals surface area contributed by atoms with Crippen molar-refractivity contribution in [1.29, 1.82) is 0 Å². The summed E-state index contributed by atoms with van der Waals surface area (Å²) in [4.78, 5) is 24.2. The van der Waals surface area contributed by atoms with E-state index in [-0.39, 0.29) is 0 Å². The molecule has 0 aromatic heterocycles. The molecule has 0 aliphatic heterocycles. The molecular weight excluding hydrogens is 364 g/mol. The van der Waals surface area contributed by atoms with E-state index < -0.39 is 33.1 Å². The van der Waals surface area contributed by atoms with Crippen LogP contribution in [0.5, 0.6) is 0 Å². The van der Waals surface area contributed by atoms with Crippen molar-refractivity contribution >= 4 is 33.4 Å². The van der Waals surface area contributed by atoms with E-state index in [0.717, 1.165) is 30.0 Å². The van der Waals surface area contributed by atoms with Crippen molar-refractivity contribution in [1.82, 2.24) is 5.48 Å². The Morgan fingerprint density at radius 3 is 2.44 bits per heavy atom. The summed E-state index contributed by atoms with van der Waals surface area (Å²) < 4.78 is 13.1. The van der Waals surface area contributed by atoms with Crippen molar-refractivity contribution in [3.05, 3.63) is 48.0 Å². The van der Waals surface area contributed by atoms with Crippen LogP contribution in [0.25, 0.3) is 10.8 Å². The molecule has 0 aliphatic carbocycles. The van der Waals surface area contributed by atoms with Crippen molar-refractivity contribution in [2.75, 3.05) is 0 Å². The van der Waals surface area contributed by atoms with Gasteiger partial charge in [-0.1, -0.05) is 69.0 Å². The average molecular weight is 391 g/mol. The van der Waals surface area contributed by atoms with Crippen LogP contribution < -0.4 is 11.2 Å². The molecule has 0 fully saturated rings. The number of nitrogens with one attached hydrogen (secondary N) is 1. The van der Waals surface area contributed by atoms with Crippen LogP contribution in [0.15, 0.2) is 42.5 Å². The summed E-state index contributed by atoms with van der Waals surface area (Å²) in [5.41, 5.74) is 7.62. The van der Waals surface area contributed by atoms with Gasteiger partial charge in [-0.25, -0.2) is 5.48 Å². The van der Waals surface area contributed by atoms with Gasteiger partial charge in [0.05, 0.1) is 10.8 Å². The molecule has 4 N–H and O–H groups in total. The summed E-state index contributed by atoms with van der Waals surface area (Å²) in [5.74, 6) is -1.51. The Kier molecular flexibility index (Phi) is 7.94. The van der Waals surface area contributed by atoms with Crippen LogP contribution in [-0.2, 0) is 20.4 Å². The summed E-state index contributed by atoms with van der Waals surface area (Å²) in [6, 6.07) is 12.9. The van der Waals surface area contributed by atoms with Gasteiger partial charge in [0.1, 0.15) is 10.5 Å². The van der Waals surface area contributed by atoms with E-state index in [1.54, 1.807) is 17.6 Å². The Morgan fingerprint density at radius 1 is 1.11 bits per heavy atom. The van der Waals surface area contributed by atoms with Crippen molar-refractivity contribution < 1.29 is 19.0 Å². The number of hydrogen-bond donors (Lipinski definition) is 3. The Morgan fingerprint density at radius 2 is 1.81 bits per heavy atom. The molecule has 0 radical (unpaired) electrons. The predicted molar refractivity (Wildman–Crippen MR) is 107 cm³/mol. The summed E-state index contributed by atoms with van der Waals surface area (Å²) in [6.07, 6.45) is 3.92. The normalized spacial score (nSPS) is 14.4. The largest absolute Gasteiger partial charge is 0.368 e. The molecule has 0 spiro atoms. The highest BCUT2D eigenvalue weighted by atomic mass is 32.2. The molecule has 0 saturated carbocycles. The number of fused-ring (bicyclic) bond motifs is 1. The lowest BCUT2D eigenvalue weighted by molar-refractivity contribution is -0.128. The summed E-state index contributed by atoms with van der Waals surface area (Å²) >= 11 is 0. The Balaban J connectivity index is 2.31. The lowest BCUT2D eigenvalue weighted by Crippen LogP contribution is -2.40. The van der Waals surface area contributed by atoms with Gasteiger partial charge in [-0.2, -0.15) is 0 Å². The van der Waals surface area contributed by atoms with Crippen molar-refractivity contribution in [2.24, 2.45) is 5.73 Å². The monoisotopic (exact) mass is 390 g/mol. The zero-order valence-electron chi connectivity index (χ0n) is 15.4. The first kappa shape index (κ1) is 21.1. The number of primary amides is 1. The number of unbranched alkanes of at least 4 members (excludes halogenated alkanes) is 3. The molecule has 146 valence electrons. The Bertz CT molecular complexity index is 824. The third kappa shape index (κ3) is 5.37. The van der Waals surface area contributed by atoms with E-state index in [2.05, 4.69) is 6.92 Å². The molecule has 3 atom stereocenters. The zero-order valence-corrected chi connectivity index (χ0v) is 16.2. The highest BCUT2D eigenvalue weighted by Crippen LogP contribution is 2.28. The van der Waals surface area contributed by atoms with Gasteiger partial charge >= 0.3 is 0 Å². The summed E-state index contributed by atoms with van der Waals surface area (Å²) in [6.45, 7) is 2.07. The second kappa shape index (κ2) is 10.2. The first-order valence-electron chi connectivity index (χ1n) is 9.11. The molecule has 27 heavy (non-hydrogen) atoms. The molecule has 0 heterocycles. The van der Waals surface area contributed by atoms with Gasteiger partial charge in [0.15, 0.2) is 0 Å². The number of nitrogens with two attached hydrogens (primary N) is 1. The summed E-state index contributed by atoms with van der Waals surface area (Å²) in [7, 11) is -1.90. The van der Waals surface area contributed by atoms with Crippen LogP contribution in [0.1, 0.15) is 49.8 Å². The highest BCUT2D eigenvalue weighted by Gasteiger charge is 2.34. The van der Waals surface area contributed by atoms with E-state index in [4.69, 9.17) is 10.9 Å². The number of carbonyl (C=O) groups excluding carboxylic acids is 2. The van der Waals surface area contributed by atoms with E-state index in [0.29, 0.717) is 18.4 Å². The average Bonchev–Trinajstić information content (AvgIpc) is 2.67. The van der Waals surface area contributed by atoms with Gasteiger partial charge < -0.3 is 5.73 Å². The second-order valence-electron chi connectivity index (χ2n) is 6.53. The number of benzene rings is 2. The molecule has 0 saturated heterocycles. The topological polar surface area (TPSA) is 109 Å². The first-order chi connectivity index (χ1) is 13.0. The molecular formula is C20H26N2O4S. The van der Waals surface area contributed by atoms with Crippen molar-refractivity contribution in [3.8, 4) is 0 Å². The quantitative estimate of drug-likeness (QED) is 0.329. The van der Waals surface area contributed by atoms with E-state index >= 15 is 0 Å². The molecule has 2 amide bonds. The van der Waals surface area contributed by atoms with E-state index in [1.807, 2.05) is 30.3 Å². The maximum absolute atomic E-state index is 13.1. The third-order valence-electron chi connectivity index (χ3n) is 4.57.